The smallest absolute Gasteiger partial charge is 0.244 e. The minimum absolute atomic E-state index is 0.126. The van der Waals surface area contributed by atoms with Crippen LogP contribution in [0.3, 0.4) is 0 Å². The number of rotatable bonds is 4. The van der Waals surface area contributed by atoms with Gasteiger partial charge in [-0.05, 0) is 38.3 Å². The van der Waals surface area contributed by atoms with Gasteiger partial charge in [-0.2, -0.15) is 0 Å². The Kier molecular flexibility index (Phi) is 4.19. The van der Waals surface area contributed by atoms with Gasteiger partial charge in [0.2, 0.25) is 11.9 Å². The number of nitrogens with zero attached hydrogens (tertiary/aromatic N) is 5. The van der Waals surface area contributed by atoms with Crippen molar-refractivity contribution in [2.45, 2.75) is 27.3 Å². The minimum Gasteiger partial charge on any atom is -0.338 e. The number of carbonyl (C=O) groups is 1. The van der Waals surface area contributed by atoms with Crippen LogP contribution in [0.2, 0.25) is 0 Å². The summed E-state index contributed by atoms with van der Waals surface area (Å²) in [4.78, 5) is 25.6. The Morgan fingerprint density at radius 2 is 1.81 bits per heavy atom. The molecule has 3 heterocycles. The van der Waals surface area contributed by atoms with Crippen molar-refractivity contribution in [3.8, 4) is 5.95 Å². The molecule has 0 bridgehead atoms. The highest BCUT2D eigenvalue weighted by Crippen LogP contribution is 2.16. The van der Waals surface area contributed by atoms with Crippen molar-refractivity contribution in [3.63, 3.8) is 0 Å². The van der Waals surface area contributed by atoms with Crippen molar-refractivity contribution in [1.82, 2.24) is 24.1 Å². The number of aromatic nitrogens is 5. The summed E-state index contributed by atoms with van der Waals surface area (Å²) in [5.41, 5.74) is 3.55. The first-order chi connectivity index (χ1) is 13.0. The number of fused-ring (bicyclic) bond motifs is 1. The molecule has 0 aliphatic rings. The highest BCUT2D eigenvalue weighted by Gasteiger charge is 2.12. The lowest BCUT2D eigenvalue weighted by molar-refractivity contribution is -0.116. The molecule has 27 heavy (non-hydrogen) atoms. The molecule has 0 atom stereocenters. The van der Waals surface area contributed by atoms with Crippen LogP contribution in [0.15, 0.2) is 48.9 Å². The Labute approximate surface area is 156 Å². The zero-order chi connectivity index (χ0) is 19.0. The number of nitrogens with one attached hydrogen (secondary N) is 1. The summed E-state index contributed by atoms with van der Waals surface area (Å²) in [6, 6.07) is 9.97. The van der Waals surface area contributed by atoms with Crippen molar-refractivity contribution in [3.05, 3.63) is 66.1 Å². The first kappa shape index (κ1) is 17.0. The molecule has 1 amide bonds. The third-order valence-corrected chi connectivity index (χ3v) is 4.63. The second-order valence-electron chi connectivity index (χ2n) is 6.49. The summed E-state index contributed by atoms with van der Waals surface area (Å²) in [6.07, 6.45) is 5.14. The Morgan fingerprint density at radius 1 is 1.07 bits per heavy atom. The maximum atomic E-state index is 12.4. The van der Waals surface area contributed by atoms with Crippen molar-refractivity contribution < 1.29 is 4.79 Å². The van der Waals surface area contributed by atoms with Crippen LogP contribution >= 0.6 is 0 Å². The summed E-state index contributed by atoms with van der Waals surface area (Å²) in [7, 11) is 0. The molecule has 0 unspecified atom stereocenters. The monoisotopic (exact) mass is 360 g/mol. The first-order valence-corrected chi connectivity index (χ1v) is 8.71. The van der Waals surface area contributed by atoms with Crippen LogP contribution in [0.25, 0.3) is 16.9 Å². The van der Waals surface area contributed by atoms with Crippen molar-refractivity contribution in [2.75, 3.05) is 5.32 Å². The molecule has 0 saturated carbocycles. The molecule has 4 rings (SSSR count). The van der Waals surface area contributed by atoms with Gasteiger partial charge in [0.05, 0.1) is 23.8 Å². The van der Waals surface area contributed by atoms with Gasteiger partial charge < -0.3 is 9.88 Å². The predicted molar refractivity (Wildman–Crippen MR) is 104 cm³/mol. The number of benzene rings is 1. The van der Waals surface area contributed by atoms with E-state index in [4.69, 9.17) is 0 Å². The first-order valence-electron chi connectivity index (χ1n) is 8.71. The maximum absolute atomic E-state index is 12.4. The van der Waals surface area contributed by atoms with Gasteiger partial charge in [0, 0.05) is 17.4 Å². The second-order valence-corrected chi connectivity index (χ2v) is 6.49. The van der Waals surface area contributed by atoms with E-state index >= 15 is 0 Å². The van der Waals surface area contributed by atoms with Crippen LogP contribution in [0.4, 0.5) is 5.69 Å². The van der Waals surface area contributed by atoms with E-state index in [9.17, 15) is 4.79 Å². The van der Waals surface area contributed by atoms with E-state index in [0.29, 0.717) is 11.6 Å². The number of hydrogen-bond acceptors (Lipinski definition) is 4. The zero-order valence-electron chi connectivity index (χ0n) is 15.5. The lowest BCUT2D eigenvalue weighted by atomic mass is 10.2. The molecule has 0 fully saturated rings. The lowest BCUT2D eigenvalue weighted by Gasteiger charge is -2.09. The average molecular weight is 360 g/mol. The normalized spacial score (nSPS) is 11.1. The molecule has 0 aliphatic heterocycles. The second kappa shape index (κ2) is 6.68. The molecular weight excluding hydrogens is 340 g/mol. The molecule has 0 radical (unpaired) electrons. The Balaban J connectivity index is 1.49. The van der Waals surface area contributed by atoms with Crippen molar-refractivity contribution in [1.29, 1.82) is 0 Å². The van der Waals surface area contributed by atoms with E-state index in [-0.39, 0.29) is 12.5 Å². The fourth-order valence-electron chi connectivity index (χ4n) is 3.21. The summed E-state index contributed by atoms with van der Waals surface area (Å²) in [5, 5.41) is 3.96. The predicted octanol–water partition coefficient (Wildman–Crippen LogP) is 3.18. The zero-order valence-corrected chi connectivity index (χ0v) is 15.5. The van der Waals surface area contributed by atoms with Crippen LogP contribution in [0.1, 0.15) is 17.2 Å². The Hall–Kier alpha value is -3.48. The fraction of sp³-hybridized carbons (Fsp3) is 0.200. The Morgan fingerprint density at radius 3 is 2.52 bits per heavy atom. The fourth-order valence-corrected chi connectivity index (χ4v) is 3.21. The Bertz CT molecular complexity index is 1120. The third kappa shape index (κ3) is 3.19. The number of carbonyl (C=O) groups excluding carboxylic acids is 1. The minimum atomic E-state index is -0.126. The van der Waals surface area contributed by atoms with E-state index in [1.165, 1.54) is 0 Å². The topological polar surface area (TPSA) is 77.6 Å². The van der Waals surface area contributed by atoms with Crippen LogP contribution in [-0.2, 0) is 11.3 Å². The summed E-state index contributed by atoms with van der Waals surface area (Å²) in [5.74, 6) is 1.25. The molecule has 1 aromatic carbocycles. The van der Waals surface area contributed by atoms with Crippen LogP contribution in [0.5, 0.6) is 0 Å². The molecule has 1 N–H and O–H groups in total. The van der Waals surface area contributed by atoms with E-state index in [1.54, 1.807) is 12.4 Å². The maximum Gasteiger partial charge on any atom is 0.244 e. The molecule has 7 heteroatoms. The molecule has 0 saturated heterocycles. The molecule has 0 spiro atoms. The van der Waals surface area contributed by atoms with Gasteiger partial charge in [-0.3, -0.25) is 9.36 Å². The van der Waals surface area contributed by atoms with Gasteiger partial charge in [0.1, 0.15) is 12.4 Å². The van der Waals surface area contributed by atoms with E-state index in [1.807, 2.05) is 66.4 Å². The molecule has 3 aromatic heterocycles. The summed E-state index contributed by atoms with van der Waals surface area (Å²) in [6.45, 7) is 6.09. The highest BCUT2D eigenvalue weighted by molar-refractivity contribution is 5.91. The van der Waals surface area contributed by atoms with E-state index in [0.717, 1.165) is 28.1 Å². The van der Waals surface area contributed by atoms with Gasteiger partial charge in [-0.1, -0.05) is 18.2 Å². The average Bonchev–Trinajstić information content (AvgIpc) is 3.17. The van der Waals surface area contributed by atoms with Crippen LogP contribution in [-0.4, -0.2) is 30.0 Å². The summed E-state index contributed by atoms with van der Waals surface area (Å²) < 4.78 is 3.81. The molecule has 136 valence electrons. The molecule has 7 nitrogen and oxygen atoms in total. The largest absolute Gasteiger partial charge is 0.338 e. The van der Waals surface area contributed by atoms with Crippen LogP contribution < -0.4 is 5.32 Å². The lowest BCUT2D eigenvalue weighted by Crippen LogP contribution is -2.18. The number of anilines is 1. The molecule has 4 aromatic rings. The summed E-state index contributed by atoms with van der Waals surface area (Å²) >= 11 is 0. The van der Waals surface area contributed by atoms with Gasteiger partial charge in [0.15, 0.2) is 0 Å². The highest BCUT2D eigenvalue weighted by atomic mass is 16.1. The van der Waals surface area contributed by atoms with Gasteiger partial charge in [0.25, 0.3) is 0 Å². The van der Waals surface area contributed by atoms with Gasteiger partial charge in [-0.15, -0.1) is 0 Å². The van der Waals surface area contributed by atoms with Gasteiger partial charge >= 0.3 is 0 Å². The van der Waals surface area contributed by atoms with Crippen molar-refractivity contribution in [2.24, 2.45) is 0 Å². The SMILES string of the molecule is Cc1nc(C)n(-c2ncc(NC(=O)Cn3ccc4ccccc43)cn2)c1C. The van der Waals surface area contributed by atoms with E-state index in [2.05, 4.69) is 20.3 Å². The van der Waals surface area contributed by atoms with Crippen molar-refractivity contribution >= 4 is 22.5 Å². The third-order valence-electron chi connectivity index (χ3n) is 4.63. The van der Waals surface area contributed by atoms with Gasteiger partial charge in [-0.25, -0.2) is 15.0 Å². The van der Waals surface area contributed by atoms with E-state index < -0.39 is 0 Å². The van der Waals surface area contributed by atoms with Crippen LogP contribution in [0, 0.1) is 20.8 Å². The quantitative estimate of drug-likeness (QED) is 0.606. The number of imidazole rings is 1. The number of aryl methyl sites for hydroxylation is 2. The number of para-hydroxylation sites is 1. The molecular formula is C20H20N6O. The molecule has 0 aliphatic carbocycles. The standard InChI is InChI=1S/C20H20N6O/c1-13-14(2)26(15(3)23-13)20-21-10-17(11-22-20)24-19(27)12-25-9-8-16-6-4-5-7-18(16)25/h4-11H,12H2,1-3H3,(H,24,27). The number of hydrogen-bond donors (Lipinski definition) is 1. The number of amides is 1.